The van der Waals surface area contributed by atoms with E-state index in [1.807, 2.05) is 0 Å². The van der Waals surface area contributed by atoms with Crippen LogP contribution in [0.2, 0.25) is 0 Å². The lowest BCUT2D eigenvalue weighted by Gasteiger charge is -2.28. The van der Waals surface area contributed by atoms with Crippen molar-refractivity contribution in [3.05, 3.63) is 28.7 Å². The molecule has 1 saturated carbocycles. The third kappa shape index (κ3) is 3.39. The van der Waals surface area contributed by atoms with Crippen molar-refractivity contribution in [2.45, 2.75) is 37.8 Å². The molecule has 1 aliphatic rings. The highest BCUT2D eigenvalue weighted by Crippen LogP contribution is 2.26. The van der Waals surface area contributed by atoms with Crippen molar-refractivity contribution in [2.75, 3.05) is 6.26 Å². The van der Waals surface area contributed by atoms with Gasteiger partial charge in [0.05, 0.1) is 12.3 Å². The van der Waals surface area contributed by atoms with Crippen LogP contribution in [-0.2, 0) is 10.0 Å². The van der Waals surface area contributed by atoms with E-state index in [0.717, 1.165) is 25.7 Å². The fourth-order valence-corrected chi connectivity index (χ4v) is 3.23. The van der Waals surface area contributed by atoms with Crippen LogP contribution >= 0.6 is 0 Å². The number of nitrogens with one attached hydrogen (secondary N) is 1. The first kappa shape index (κ1) is 13.2. The maximum absolute atomic E-state index is 11.6. The molecular formula is C11H17N3O3S. The van der Waals surface area contributed by atoms with E-state index in [1.54, 1.807) is 12.3 Å². The Morgan fingerprint density at radius 1 is 1.33 bits per heavy atom. The Hall–Kier alpha value is -1.21. The summed E-state index contributed by atoms with van der Waals surface area (Å²) in [6.07, 6.45) is 5.78. The van der Waals surface area contributed by atoms with Gasteiger partial charge in [-0.05, 0) is 31.7 Å². The van der Waals surface area contributed by atoms with Crippen LogP contribution in [0.3, 0.4) is 0 Å². The van der Waals surface area contributed by atoms with Crippen molar-refractivity contribution in [3.63, 3.8) is 0 Å². The molecule has 1 aromatic rings. The number of rotatable bonds is 3. The van der Waals surface area contributed by atoms with Gasteiger partial charge in [-0.2, -0.15) is 5.10 Å². The molecule has 0 atom stereocenters. The number of aromatic nitrogens is 2. The standard InChI is InChI=1S/C11H17N3O3S/c1-18(16,17)13-9-4-6-10(7-5-9)14-11(15)3-2-8-12-14/h2-3,8-10,13H,4-7H2,1H3. The lowest BCUT2D eigenvalue weighted by Crippen LogP contribution is -2.38. The second-order valence-electron chi connectivity index (χ2n) is 4.70. The Balaban J connectivity index is 1.99. The van der Waals surface area contributed by atoms with E-state index in [1.165, 1.54) is 17.0 Å². The van der Waals surface area contributed by atoms with E-state index < -0.39 is 10.0 Å². The summed E-state index contributed by atoms with van der Waals surface area (Å²) >= 11 is 0. The smallest absolute Gasteiger partial charge is 0.266 e. The van der Waals surface area contributed by atoms with Gasteiger partial charge in [-0.3, -0.25) is 4.79 Å². The number of sulfonamides is 1. The highest BCUT2D eigenvalue weighted by molar-refractivity contribution is 7.88. The Labute approximate surface area is 106 Å². The monoisotopic (exact) mass is 271 g/mol. The summed E-state index contributed by atoms with van der Waals surface area (Å²) in [5.41, 5.74) is -0.1000. The molecule has 7 heteroatoms. The van der Waals surface area contributed by atoms with Gasteiger partial charge in [-0.15, -0.1) is 0 Å². The van der Waals surface area contributed by atoms with Crippen molar-refractivity contribution in [2.24, 2.45) is 0 Å². The molecule has 0 bridgehead atoms. The molecule has 2 rings (SSSR count). The quantitative estimate of drug-likeness (QED) is 0.856. The molecule has 0 saturated heterocycles. The SMILES string of the molecule is CS(=O)(=O)NC1CCC(n2ncccc2=O)CC1. The van der Waals surface area contributed by atoms with E-state index in [2.05, 4.69) is 9.82 Å². The lowest BCUT2D eigenvalue weighted by atomic mass is 9.92. The topological polar surface area (TPSA) is 81.1 Å². The molecule has 0 spiro atoms. The molecule has 1 aliphatic carbocycles. The Morgan fingerprint density at radius 2 is 2.00 bits per heavy atom. The second kappa shape index (κ2) is 5.19. The minimum Gasteiger partial charge on any atom is -0.268 e. The number of hydrogen-bond acceptors (Lipinski definition) is 4. The summed E-state index contributed by atoms with van der Waals surface area (Å²) in [6.45, 7) is 0. The second-order valence-corrected chi connectivity index (χ2v) is 6.48. The van der Waals surface area contributed by atoms with Crippen LogP contribution in [-0.4, -0.2) is 30.5 Å². The highest BCUT2D eigenvalue weighted by Gasteiger charge is 2.25. The predicted octanol–water partition coefficient (Wildman–Crippen LogP) is 0.276. The third-order valence-electron chi connectivity index (χ3n) is 3.17. The van der Waals surface area contributed by atoms with E-state index in [4.69, 9.17) is 0 Å². The third-order valence-corrected chi connectivity index (χ3v) is 3.93. The van der Waals surface area contributed by atoms with Gasteiger partial charge in [0.2, 0.25) is 10.0 Å². The van der Waals surface area contributed by atoms with Crippen LogP contribution in [0.25, 0.3) is 0 Å². The average molecular weight is 271 g/mol. The van der Waals surface area contributed by atoms with Gasteiger partial charge in [0, 0.05) is 18.3 Å². The number of hydrogen-bond donors (Lipinski definition) is 1. The summed E-state index contributed by atoms with van der Waals surface area (Å²) < 4.78 is 26.4. The maximum atomic E-state index is 11.6. The van der Waals surface area contributed by atoms with E-state index >= 15 is 0 Å². The lowest BCUT2D eigenvalue weighted by molar-refractivity contribution is 0.285. The zero-order chi connectivity index (χ0) is 13.2. The minimum atomic E-state index is -3.15. The van der Waals surface area contributed by atoms with Crippen LogP contribution in [0.4, 0.5) is 0 Å². The Bertz CT molecular complexity index is 559. The van der Waals surface area contributed by atoms with Gasteiger partial charge in [0.25, 0.3) is 5.56 Å². The van der Waals surface area contributed by atoms with Gasteiger partial charge in [-0.25, -0.2) is 17.8 Å². The fraction of sp³-hybridized carbons (Fsp3) is 0.636. The first-order valence-corrected chi connectivity index (χ1v) is 7.86. The molecule has 0 amide bonds. The molecule has 1 aromatic heterocycles. The summed E-state index contributed by atoms with van der Waals surface area (Å²) in [5.74, 6) is 0. The molecule has 100 valence electrons. The predicted molar refractivity (Wildman–Crippen MR) is 67.8 cm³/mol. The van der Waals surface area contributed by atoms with Crippen LogP contribution in [0, 0.1) is 0 Å². The van der Waals surface area contributed by atoms with Gasteiger partial charge in [-0.1, -0.05) is 0 Å². The molecule has 0 radical (unpaired) electrons. The molecule has 0 unspecified atom stereocenters. The number of nitrogens with zero attached hydrogens (tertiary/aromatic N) is 2. The molecule has 18 heavy (non-hydrogen) atoms. The van der Waals surface area contributed by atoms with Crippen LogP contribution in [0.1, 0.15) is 31.7 Å². The first-order valence-electron chi connectivity index (χ1n) is 5.97. The van der Waals surface area contributed by atoms with Crippen molar-refractivity contribution in [1.29, 1.82) is 0 Å². The molecule has 1 N–H and O–H groups in total. The zero-order valence-corrected chi connectivity index (χ0v) is 11.1. The fourth-order valence-electron chi connectivity index (χ4n) is 2.38. The summed E-state index contributed by atoms with van der Waals surface area (Å²) in [4.78, 5) is 11.6. The van der Waals surface area contributed by atoms with Crippen molar-refractivity contribution in [3.8, 4) is 0 Å². The van der Waals surface area contributed by atoms with Crippen molar-refractivity contribution in [1.82, 2.24) is 14.5 Å². The minimum absolute atomic E-state index is 0.0179. The van der Waals surface area contributed by atoms with Gasteiger partial charge in [0.15, 0.2) is 0 Å². The normalized spacial score (nSPS) is 24.9. The van der Waals surface area contributed by atoms with E-state index in [-0.39, 0.29) is 17.6 Å². The van der Waals surface area contributed by atoms with Crippen LogP contribution in [0.5, 0.6) is 0 Å². The molecule has 0 aromatic carbocycles. The molecule has 1 fully saturated rings. The zero-order valence-electron chi connectivity index (χ0n) is 10.2. The largest absolute Gasteiger partial charge is 0.268 e. The molecule has 0 aliphatic heterocycles. The highest BCUT2D eigenvalue weighted by atomic mass is 32.2. The van der Waals surface area contributed by atoms with Crippen molar-refractivity contribution < 1.29 is 8.42 Å². The summed E-state index contributed by atoms with van der Waals surface area (Å²) in [7, 11) is -3.15. The van der Waals surface area contributed by atoms with Crippen molar-refractivity contribution >= 4 is 10.0 Å². The summed E-state index contributed by atoms with van der Waals surface area (Å²) in [5, 5.41) is 4.07. The van der Waals surface area contributed by atoms with E-state index in [0.29, 0.717) is 0 Å². The molecule has 1 heterocycles. The van der Waals surface area contributed by atoms with Crippen LogP contribution in [0.15, 0.2) is 23.1 Å². The molecule has 6 nitrogen and oxygen atoms in total. The van der Waals surface area contributed by atoms with Gasteiger partial charge >= 0.3 is 0 Å². The van der Waals surface area contributed by atoms with Crippen LogP contribution < -0.4 is 10.3 Å². The van der Waals surface area contributed by atoms with Gasteiger partial charge < -0.3 is 0 Å². The Kier molecular flexibility index (Phi) is 3.82. The maximum Gasteiger partial charge on any atom is 0.266 e. The summed E-state index contributed by atoms with van der Waals surface area (Å²) in [6, 6.07) is 3.18. The molecular weight excluding hydrogens is 254 g/mol. The Morgan fingerprint density at radius 3 is 2.56 bits per heavy atom. The van der Waals surface area contributed by atoms with E-state index in [9.17, 15) is 13.2 Å². The first-order chi connectivity index (χ1) is 8.46. The average Bonchev–Trinajstić information content (AvgIpc) is 2.29. The van der Waals surface area contributed by atoms with Gasteiger partial charge in [0.1, 0.15) is 0 Å².